The van der Waals surface area contributed by atoms with Gasteiger partial charge in [-0.3, -0.25) is 19.5 Å². The lowest BCUT2D eigenvalue weighted by atomic mass is 10.2. The Balaban J connectivity index is 1.75. The van der Waals surface area contributed by atoms with Crippen molar-refractivity contribution in [2.45, 2.75) is 11.4 Å². The van der Waals surface area contributed by atoms with Crippen molar-refractivity contribution in [1.82, 2.24) is 9.78 Å². The quantitative estimate of drug-likeness (QED) is 0.511. The van der Waals surface area contributed by atoms with Crippen LogP contribution in [0.25, 0.3) is 0 Å². The topological polar surface area (TPSA) is 107 Å². The Morgan fingerprint density at radius 2 is 1.85 bits per heavy atom. The molecular formula is C16H13ClN4O4S. The van der Waals surface area contributed by atoms with Crippen molar-refractivity contribution in [3.05, 3.63) is 81.6 Å². The maximum absolute atomic E-state index is 12.4. The first kappa shape index (κ1) is 17.9. The van der Waals surface area contributed by atoms with Gasteiger partial charge in [-0.2, -0.15) is 5.10 Å². The Bertz CT molecular complexity index is 1050. The van der Waals surface area contributed by atoms with E-state index in [1.54, 1.807) is 10.7 Å². The van der Waals surface area contributed by atoms with E-state index in [1.165, 1.54) is 24.5 Å². The number of nitrogens with one attached hydrogen (secondary N) is 1. The summed E-state index contributed by atoms with van der Waals surface area (Å²) in [4.78, 5) is 9.97. The van der Waals surface area contributed by atoms with Gasteiger partial charge in [0.25, 0.3) is 15.7 Å². The molecule has 26 heavy (non-hydrogen) atoms. The van der Waals surface area contributed by atoms with Gasteiger partial charge in [0.05, 0.1) is 28.2 Å². The third-order valence-electron chi connectivity index (χ3n) is 3.53. The number of hydrogen-bond donors (Lipinski definition) is 1. The van der Waals surface area contributed by atoms with Gasteiger partial charge in [-0.1, -0.05) is 29.8 Å². The zero-order chi connectivity index (χ0) is 18.7. The second-order valence-electron chi connectivity index (χ2n) is 5.37. The van der Waals surface area contributed by atoms with Crippen LogP contribution in [0.3, 0.4) is 0 Å². The van der Waals surface area contributed by atoms with E-state index in [0.29, 0.717) is 11.6 Å². The van der Waals surface area contributed by atoms with Crippen molar-refractivity contribution in [1.29, 1.82) is 0 Å². The van der Waals surface area contributed by atoms with Crippen LogP contribution >= 0.6 is 11.6 Å². The summed E-state index contributed by atoms with van der Waals surface area (Å²) >= 11 is 6.10. The van der Waals surface area contributed by atoms with Crippen molar-refractivity contribution >= 4 is 33.0 Å². The molecule has 10 heteroatoms. The number of sulfonamides is 1. The minimum Gasteiger partial charge on any atom is -0.276 e. The van der Waals surface area contributed by atoms with Crippen molar-refractivity contribution in [3.8, 4) is 0 Å². The Labute approximate surface area is 154 Å². The average Bonchev–Trinajstić information content (AvgIpc) is 3.03. The third-order valence-corrected chi connectivity index (χ3v) is 5.30. The SMILES string of the molecule is O=[N+]([O-])c1ccc(S(=O)(=O)Nc2cnn(Cc3ccccc3Cl)c2)cc1. The number of halogens is 1. The number of nitro groups is 1. The predicted molar refractivity (Wildman–Crippen MR) is 96.7 cm³/mol. The van der Waals surface area contributed by atoms with Crippen molar-refractivity contribution in [2.24, 2.45) is 0 Å². The first-order valence-electron chi connectivity index (χ1n) is 7.38. The zero-order valence-corrected chi connectivity index (χ0v) is 14.8. The van der Waals surface area contributed by atoms with Gasteiger partial charge in [0.2, 0.25) is 0 Å². The van der Waals surface area contributed by atoms with Gasteiger partial charge in [0.1, 0.15) is 0 Å². The normalized spacial score (nSPS) is 11.3. The third kappa shape index (κ3) is 4.01. The largest absolute Gasteiger partial charge is 0.276 e. The summed E-state index contributed by atoms with van der Waals surface area (Å²) in [6, 6.07) is 11.9. The van der Waals surface area contributed by atoms with Gasteiger partial charge in [0, 0.05) is 23.4 Å². The molecule has 0 atom stereocenters. The second kappa shape index (κ2) is 7.14. The maximum atomic E-state index is 12.4. The summed E-state index contributed by atoms with van der Waals surface area (Å²) in [5.41, 5.74) is 0.939. The van der Waals surface area contributed by atoms with Gasteiger partial charge in [-0.25, -0.2) is 8.42 Å². The van der Waals surface area contributed by atoms with Crippen molar-refractivity contribution in [2.75, 3.05) is 4.72 Å². The summed E-state index contributed by atoms with van der Waals surface area (Å²) in [6.07, 6.45) is 2.91. The number of nitrogens with zero attached hydrogens (tertiary/aromatic N) is 3. The highest BCUT2D eigenvalue weighted by molar-refractivity contribution is 7.92. The van der Waals surface area contributed by atoms with E-state index >= 15 is 0 Å². The van der Waals surface area contributed by atoms with Gasteiger partial charge in [0.15, 0.2) is 0 Å². The van der Waals surface area contributed by atoms with E-state index in [1.807, 2.05) is 18.2 Å². The molecule has 0 aliphatic carbocycles. The van der Waals surface area contributed by atoms with Crippen LogP contribution in [0.4, 0.5) is 11.4 Å². The zero-order valence-electron chi connectivity index (χ0n) is 13.2. The monoisotopic (exact) mass is 392 g/mol. The Kier molecular flexibility index (Phi) is 4.92. The maximum Gasteiger partial charge on any atom is 0.269 e. The molecule has 3 rings (SSSR count). The smallest absolute Gasteiger partial charge is 0.269 e. The summed E-state index contributed by atoms with van der Waals surface area (Å²) in [5, 5.41) is 15.4. The second-order valence-corrected chi connectivity index (χ2v) is 7.46. The molecule has 0 amide bonds. The fraction of sp³-hybridized carbons (Fsp3) is 0.0625. The van der Waals surface area contributed by atoms with Crippen LogP contribution in [0.2, 0.25) is 5.02 Å². The lowest BCUT2D eigenvalue weighted by Crippen LogP contribution is -2.12. The summed E-state index contributed by atoms with van der Waals surface area (Å²) < 4.78 is 28.7. The summed E-state index contributed by atoms with van der Waals surface area (Å²) in [7, 11) is -3.88. The molecule has 0 radical (unpaired) electrons. The minimum absolute atomic E-state index is 0.0815. The van der Waals surface area contributed by atoms with E-state index in [2.05, 4.69) is 9.82 Å². The summed E-state index contributed by atoms with van der Waals surface area (Å²) in [5.74, 6) is 0. The van der Waals surface area contributed by atoms with Crippen LogP contribution in [0.15, 0.2) is 65.8 Å². The number of rotatable bonds is 6. The number of non-ortho nitro benzene ring substituents is 1. The Hall–Kier alpha value is -2.91. The number of nitro benzene ring substituents is 1. The fourth-order valence-electron chi connectivity index (χ4n) is 2.26. The lowest BCUT2D eigenvalue weighted by molar-refractivity contribution is -0.384. The Morgan fingerprint density at radius 1 is 1.15 bits per heavy atom. The number of hydrogen-bond acceptors (Lipinski definition) is 5. The molecule has 1 heterocycles. The van der Waals surface area contributed by atoms with Crippen LogP contribution in [0, 0.1) is 10.1 Å². The van der Waals surface area contributed by atoms with E-state index < -0.39 is 14.9 Å². The van der Waals surface area contributed by atoms with Gasteiger partial charge in [-0.05, 0) is 23.8 Å². The standard InChI is InChI=1S/C16H13ClN4O4S/c17-16-4-2-1-3-12(16)10-20-11-13(9-18-20)19-26(24,25)15-7-5-14(6-8-15)21(22)23/h1-9,11,19H,10H2. The Morgan fingerprint density at radius 3 is 2.50 bits per heavy atom. The highest BCUT2D eigenvalue weighted by atomic mass is 35.5. The van der Waals surface area contributed by atoms with Crippen LogP contribution in [-0.4, -0.2) is 23.1 Å². The molecule has 0 aliphatic heterocycles. The molecule has 1 N–H and O–H groups in total. The summed E-state index contributed by atoms with van der Waals surface area (Å²) in [6.45, 7) is 0.388. The molecule has 0 spiro atoms. The lowest BCUT2D eigenvalue weighted by Gasteiger charge is -2.06. The molecule has 3 aromatic rings. The van der Waals surface area contributed by atoms with Crippen molar-refractivity contribution < 1.29 is 13.3 Å². The van der Waals surface area contributed by atoms with E-state index in [-0.39, 0.29) is 16.3 Å². The molecule has 1 aromatic heterocycles. The molecule has 0 fully saturated rings. The van der Waals surface area contributed by atoms with E-state index in [4.69, 9.17) is 11.6 Å². The van der Waals surface area contributed by atoms with Crippen LogP contribution < -0.4 is 4.72 Å². The van der Waals surface area contributed by atoms with Crippen molar-refractivity contribution in [3.63, 3.8) is 0 Å². The van der Waals surface area contributed by atoms with Crippen LogP contribution in [-0.2, 0) is 16.6 Å². The first-order valence-corrected chi connectivity index (χ1v) is 9.24. The van der Waals surface area contributed by atoms with Gasteiger partial charge in [-0.15, -0.1) is 0 Å². The first-order chi connectivity index (χ1) is 12.3. The highest BCUT2D eigenvalue weighted by Crippen LogP contribution is 2.20. The van der Waals surface area contributed by atoms with Crippen LogP contribution in [0.5, 0.6) is 0 Å². The molecule has 134 valence electrons. The van der Waals surface area contributed by atoms with Gasteiger partial charge >= 0.3 is 0 Å². The highest BCUT2D eigenvalue weighted by Gasteiger charge is 2.17. The molecular weight excluding hydrogens is 380 g/mol. The molecule has 0 bridgehead atoms. The molecule has 0 unspecified atom stereocenters. The molecule has 0 aliphatic rings. The van der Waals surface area contributed by atoms with E-state index in [9.17, 15) is 18.5 Å². The van der Waals surface area contributed by atoms with Gasteiger partial charge < -0.3 is 0 Å². The number of anilines is 1. The number of aromatic nitrogens is 2. The van der Waals surface area contributed by atoms with E-state index in [0.717, 1.165) is 17.7 Å². The molecule has 0 saturated heterocycles. The predicted octanol–water partition coefficient (Wildman–Crippen LogP) is 3.29. The van der Waals surface area contributed by atoms with Crippen LogP contribution in [0.1, 0.15) is 5.56 Å². The molecule has 2 aromatic carbocycles. The number of benzene rings is 2. The minimum atomic E-state index is -3.88. The average molecular weight is 393 g/mol. The fourth-order valence-corrected chi connectivity index (χ4v) is 3.49. The molecule has 8 nitrogen and oxygen atoms in total. The molecule has 0 saturated carbocycles.